The van der Waals surface area contributed by atoms with E-state index < -0.39 is 23.8 Å². The Balaban J connectivity index is 0.867. The fourth-order valence-electron chi connectivity index (χ4n) is 10.7. The molecule has 0 saturated heterocycles. The molecule has 312 valence electrons. The molecule has 0 bridgehead atoms. The lowest BCUT2D eigenvalue weighted by Gasteiger charge is -2.54. The van der Waals surface area contributed by atoms with E-state index in [4.69, 9.17) is 23.9 Å². The van der Waals surface area contributed by atoms with Crippen LogP contribution in [-0.4, -0.2) is 51.4 Å². The molecule has 2 saturated carbocycles. The average molecular weight is 805 g/mol. The van der Waals surface area contributed by atoms with Crippen molar-refractivity contribution >= 4 is 28.6 Å². The third kappa shape index (κ3) is 7.84. The van der Waals surface area contributed by atoms with Crippen molar-refractivity contribution in [3.05, 3.63) is 93.3 Å². The summed E-state index contributed by atoms with van der Waals surface area (Å²) in [6, 6.07) is 18.0. The Kier molecular flexibility index (Phi) is 11.3. The van der Waals surface area contributed by atoms with Crippen LogP contribution in [0.3, 0.4) is 0 Å². The molecule has 2 aromatic heterocycles. The van der Waals surface area contributed by atoms with Crippen molar-refractivity contribution in [2.75, 3.05) is 6.61 Å². The molecular formula is C48H56N2O9. The molecular weight excluding hydrogens is 749 g/mol. The lowest BCUT2D eigenvalue weighted by molar-refractivity contribution is -0.220. The van der Waals surface area contributed by atoms with Gasteiger partial charge in [-0.05, 0) is 118 Å². The highest BCUT2D eigenvalue weighted by Crippen LogP contribution is 2.57. The van der Waals surface area contributed by atoms with E-state index in [1.807, 2.05) is 44.2 Å². The summed E-state index contributed by atoms with van der Waals surface area (Å²) in [5.41, 5.74) is 1.93. The van der Waals surface area contributed by atoms with Gasteiger partial charge in [-0.2, -0.15) is 0 Å². The minimum atomic E-state index is -1.79. The molecule has 1 N–H and O–H groups in total. The average Bonchev–Trinajstić information content (AvgIpc) is 3.58. The van der Waals surface area contributed by atoms with Gasteiger partial charge >= 0.3 is 11.9 Å². The van der Waals surface area contributed by atoms with E-state index in [0.717, 1.165) is 35.7 Å². The third-order valence-corrected chi connectivity index (χ3v) is 14.1. The number of hydrogen-bond acceptors (Lipinski definition) is 10. The van der Waals surface area contributed by atoms with Crippen LogP contribution in [0, 0.1) is 29.1 Å². The summed E-state index contributed by atoms with van der Waals surface area (Å²) in [5, 5.41) is 12.0. The molecule has 11 heteroatoms. The third-order valence-electron chi connectivity index (χ3n) is 14.1. The largest absolute Gasteiger partial charge is 0.488 e. The molecule has 8 rings (SSSR count). The van der Waals surface area contributed by atoms with Crippen molar-refractivity contribution < 1.29 is 38.4 Å². The summed E-state index contributed by atoms with van der Waals surface area (Å²) < 4.78 is 24.8. The predicted octanol–water partition coefficient (Wildman–Crippen LogP) is 8.27. The Labute approximate surface area is 345 Å². The number of carbonyl (C=O) groups excluding carboxylic acids is 3. The number of fused-ring (bicyclic) bond motifs is 6. The van der Waals surface area contributed by atoms with Crippen LogP contribution in [0.4, 0.5) is 0 Å². The molecule has 0 radical (unpaired) electrons. The van der Waals surface area contributed by atoms with Crippen molar-refractivity contribution in [2.45, 2.75) is 124 Å². The Morgan fingerprint density at radius 3 is 2.58 bits per heavy atom. The van der Waals surface area contributed by atoms with Crippen LogP contribution in [0.5, 0.6) is 5.75 Å². The normalized spacial score (nSPS) is 25.2. The van der Waals surface area contributed by atoms with Gasteiger partial charge in [0.15, 0.2) is 11.9 Å². The van der Waals surface area contributed by atoms with Gasteiger partial charge in [-0.25, -0.2) is 14.6 Å². The molecule has 4 heterocycles. The quantitative estimate of drug-likeness (QED) is 0.0913. The Bertz CT molecular complexity index is 2320. The Morgan fingerprint density at radius 1 is 1.02 bits per heavy atom. The molecule has 0 amide bonds. The number of nitrogens with zero attached hydrogens (tertiary/aromatic N) is 2. The number of para-hydroxylation sites is 1. The molecule has 7 unspecified atom stereocenters. The highest BCUT2D eigenvalue weighted by Gasteiger charge is 2.49. The second-order valence-corrected chi connectivity index (χ2v) is 18.0. The molecule has 2 fully saturated rings. The first kappa shape index (κ1) is 40.9. The fourth-order valence-corrected chi connectivity index (χ4v) is 10.7. The van der Waals surface area contributed by atoms with E-state index in [1.165, 1.54) is 32.6 Å². The van der Waals surface area contributed by atoms with E-state index in [0.29, 0.717) is 77.1 Å². The van der Waals surface area contributed by atoms with Gasteiger partial charge in [0.2, 0.25) is 0 Å². The number of rotatable bonds is 13. The van der Waals surface area contributed by atoms with Gasteiger partial charge in [0.25, 0.3) is 5.56 Å². The first-order valence-electron chi connectivity index (χ1n) is 21.4. The Hall–Kier alpha value is -4.87. The molecule has 7 atom stereocenters. The lowest BCUT2D eigenvalue weighted by Crippen LogP contribution is -2.47. The van der Waals surface area contributed by atoms with Crippen LogP contribution in [0.15, 0.2) is 65.5 Å². The zero-order valence-corrected chi connectivity index (χ0v) is 34.8. The maximum Gasteiger partial charge on any atom is 0.343 e. The number of pyridine rings is 2. The summed E-state index contributed by atoms with van der Waals surface area (Å²) in [6.07, 6.45) is 7.28. The fraction of sp³-hybridized carbons (Fsp3) is 0.521. The number of aliphatic hydroxyl groups excluding tert-OH is 1. The summed E-state index contributed by atoms with van der Waals surface area (Å²) in [5.74, 6) is 1.96. The van der Waals surface area contributed by atoms with Gasteiger partial charge < -0.3 is 28.6 Å². The standard InChI is InChI=1S/C48H56N2O9/c1-6-34(51)18-14-29-11-9-12-38-36(29)21-17-33(47(38,3)4)22-28(2)58-45(54)30-15-19-35(20-16-30)56-27-42(52)59-48(5)39-24-41-43-32(23-31-10-7-8-13-40(31)49-43)25-50(41)44(53)37(39)26-57-46(48)55/h7-8,10,13,15-16,19-20,23-24,28-29,33,36,38,42,52H,6,9,11-12,14,17-18,21-22,25-27H2,1-5H3. The maximum absolute atomic E-state index is 13.8. The van der Waals surface area contributed by atoms with Gasteiger partial charge in [0, 0.05) is 29.4 Å². The zero-order chi connectivity index (χ0) is 41.6. The number of carbonyl (C=O) groups is 3. The molecule has 0 spiro atoms. The van der Waals surface area contributed by atoms with Crippen LogP contribution in [0.25, 0.3) is 22.3 Å². The molecule has 4 aromatic rings. The van der Waals surface area contributed by atoms with E-state index in [9.17, 15) is 24.3 Å². The number of cyclic esters (lactones) is 1. The monoisotopic (exact) mass is 804 g/mol. The van der Waals surface area contributed by atoms with E-state index in [2.05, 4.69) is 13.8 Å². The lowest BCUT2D eigenvalue weighted by atomic mass is 9.51. The minimum Gasteiger partial charge on any atom is -0.488 e. The van der Waals surface area contributed by atoms with Crippen LogP contribution in [0.2, 0.25) is 0 Å². The highest BCUT2D eigenvalue weighted by atomic mass is 16.7. The van der Waals surface area contributed by atoms with Gasteiger partial charge in [-0.15, -0.1) is 0 Å². The van der Waals surface area contributed by atoms with Crippen LogP contribution < -0.4 is 10.3 Å². The second kappa shape index (κ2) is 16.3. The number of aliphatic hydroxyl groups is 1. The Morgan fingerprint density at radius 2 is 1.80 bits per heavy atom. The minimum absolute atomic E-state index is 0.125. The van der Waals surface area contributed by atoms with E-state index >= 15 is 0 Å². The first-order chi connectivity index (χ1) is 28.3. The number of hydrogen-bond donors (Lipinski definition) is 1. The number of ketones is 1. The van der Waals surface area contributed by atoms with E-state index in [1.54, 1.807) is 34.9 Å². The second-order valence-electron chi connectivity index (χ2n) is 18.0. The number of benzene rings is 2. The number of ether oxygens (including phenoxy) is 4. The van der Waals surface area contributed by atoms with Crippen molar-refractivity contribution in [1.82, 2.24) is 9.55 Å². The molecule has 2 aliphatic carbocycles. The van der Waals surface area contributed by atoms with Crippen LogP contribution in [-0.2, 0) is 42.6 Å². The summed E-state index contributed by atoms with van der Waals surface area (Å²) in [7, 11) is 0. The molecule has 4 aliphatic rings. The van der Waals surface area contributed by atoms with Gasteiger partial charge in [0.1, 0.15) is 24.7 Å². The topological polar surface area (TPSA) is 143 Å². The highest BCUT2D eigenvalue weighted by molar-refractivity contribution is 5.89. The molecule has 2 aromatic carbocycles. The molecule has 11 nitrogen and oxygen atoms in total. The van der Waals surface area contributed by atoms with Gasteiger partial charge in [0.05, 0.1) is 40.7 Å². The summed E-state index contributed by atoms with van der Waals surface area (Å²) in [4.78, 5) is 57.2. The first-order valence-corrected chi connectivity index (χ1v) is 21.4. The molecule has 2 aliphatic heterocycles. The summed E-state index contributed by atoms with van der Waals surface area (Å²) >= 11 is 0. The van der Waals surface area contributed by atoms with Crippen LogP contribution >= 0.6 is 0 Å². The van der Waals surface area contributed by atoms with Gasteiger partial charge in [-0.3, -0.25) is 9.59 Å². The van der Waals surface area contributed by atoms with Crippen LogP contribution in [0.1, 0.15) is 119 Å². The number of Topliss-reactive ketones (excluding diaryl/α,β-unsaturated/α-hetero) is 1. The van der Waals surface area contributed by atoms with Gasteiger partial charge in [-0.1, -0.05) is 51.8 Å². The summed E-state index contributed by atoms with van der Waals surface area (Å²) in [6.45, 7) is 10.0. The van der Waals surface area contributed by atoms with Crippen molar-refractivity contribution in [1.29, 1.82) is 0 Å². The number of esters is 2. The SMILES string of the molecule is CCC(=O)CCC1CCCC2C1CCC(CC(C)OC(=O)c1ccc(OCC(O)OC3(C)C(=O)OCc4c3cc3n(c4=O)Cc4cc5ccccc5nc4-3)cc1)C2(C)C. The predicted molar refractivity (Wildman–Crippen MR) is 222 cm³/mol. The molecule has 59 heavy (non-hydrogen) atoms. The van der Waals surface area contributed by atoms with Crippen molar-refractivity contribution in [2.24, 2.45) is 29.1 Å². The maximum atomic E-state index is 13.8. The van der Waals surface area contributed by atoms with Crippen molar-refractivity contribution in [3.8, 4) is 17.1 Å². The van der Waals surface area contributed by atoms with E-state index in [-0.39, 0.29) is 35.9 Å². The zero-order valence-electron chi connectivity index (χ0n) is 34.8. The smallest absolute Gasteiger partial charge is 0.343 e. The number of aromatic nitrogens is 2. The van der Waals surface area contributed by atoms with Crippen molar-refractivity contribution in [3.63, 3.8) is 0 Å².